The van der Waals surface area contributed by atoms with E-state index in [0.29, 0.717) is 31.9 Å². The Morgan fingerprint density at radius 2 is 2.17 bits per heavy atom. The number of nitrogens with zero attached hydrogens (tertiary/aromatic N) is 1. The molecule has 0 atom stereocenters. The molecule has 122 valence electrons. The lowest BCUT2D eigenvalue weighted by molar-refractivity contribution is -0.121. The number of ether oxygens (including phenoxy) is 1. The standard InChI is InChI=1S/C18H21FN2O2/c1-2-11-23-18-15(6-4-10-20-18)13-21-17(22)9-8-14-5-3-7-16(19)12-14/h3-7,10,12H,2,8-9,11,13H2,1H3,(H,21,22). The summed E-state index contributed by atoms with van der Waals surface area (Å²) < 4.78 is 18.6. The van der Waals surface area contributed by atoms with Crippen molar-refractivity contribution in [3.63, 3.8) is 0 Å². The van der Waals surface area contributed by atoms with Crippen LogP contribution in [-0.4, -0.2) is 17.5 Å². The number of nitrogens with one attached hydrogen (secondary N) is 1. The van der Waals surface area contributed by atoms with Crippen molar-refractivity contribution in [2.75, 3.05) is 6.61 Å². The fourth-order valence-electron chi connectivity index (χ4n) is 2.12. The van der Waals surface area contributed by atoms with E-state index in [1.54, 1.807) is 12.3 Å². The summed E-state index contributed by atoms with van der Waals surface area (Å²) in [5, 5.41) is 2.85. The third-order valence-electron chi connectivity index (χ3n) is 3.30. The Labute approximate surface area is 135 Å². The van der Waals surface area contributed by atoms with E-state index in [1.807, 2.05) is 25.1 Å². The molecular formula is C18H21FN2O2. The third-order valence-corrected chi connectivity index (χ3v) is 3.30. The molecule has 0 spiro atoms. The highest BCUT2D eigenvalue weighted by Crippen LogP contribution is 2.14. The highest BCUT2D eigenvalue weighted by molar-refractivity contribution is 5.76. The largest absolute Gasteiger partial charge is 0.477 e. The minimum atomic E-state index is -0.281. The number of aryl methyl sites for hydroxylation is 1. The Kier molecular flexibility index (Phi) is 6.54. The van der Waals surface area contributed by atoms with Gasteiger partial charge in [-0.2, -0.15) is 0 Å². The molecule has 2 rings (SSSR count). The molecule has 0 bridgehead atoms. The van der Waals surface area contributed by atoms with Gasteiger partial charge in [-0.25, -0.2) is 9.37 Å². The quantitative estimate of drug-likeness (QED) is 0.813. The minimum absolute atomic E-state index is 0.0837. The molecule has 1 aromatic heterocycles. The van der Waals surface area contributed by atoms with E-state index in [2.05, 4.69) is 10.3 Å². The highest BCUT2D eigenvalue weighted by atomic mass is 19.1. The molecule has 2 aromatic rings. The SMILES string of the molecule is CCCOc1ncccc1CNC(=O)CCc1cccc(F)c1. The van der Waals surface area contributed by atoms with Crippen LogP contribution in [0.25, 0.3) is 0 Å². The first-order chi connectivity index (χ1) is 11.2. The lowest BCUT2D eigenvalue weighted by Crippen LogP contribution is -2.23. The maximum Gasteiger partial charge on any atom is 0.220 e. The average Bonchev–Trinajstić information content (AvgIpc) is 2.57. The van der Waals surface area contributed by atoms with Gasteiger partial charge in [0.2, 0.25) is 11.8 Å². The number of carbonyl (C=O) groups is 1. The van der Waals surface area contributed by atoms with Crippen molar-refractivity contribution in [2.24, 2.45) is 0 Å². The molecule has 0 aliphatic carbocycles. The molecule has 0 fully saturated rings. The van der Waals surface area contributed by atoms with Gasteiger partial charge in [0.25, 0.3) is 0 Å². The van der Waals surface area contributed by atoms with Crippen LogP contribution < -0.4 is 10.1 Å². The number of carbonyl (C=O) groups excluding carboxylic acids is 1. The molecule has 1 N–H and O–H groups in total. The van der Waals surface area contributed by atoms with Crippen molar-refractivity contribution in [3.05, 3.63) is 59.5 Å². The van der Waals surface area contributed by atoms with Gasteiger partial charge in [0.15, 0.2) is 0 Å². The maximum absolute atomic E-state index is 13.1. The predicted molar refractivity (Wildman–Crippen MR) is 86.6 cm³/mol. The number of rotatable bonds is 8. The lowest BCUT2D eigenvalue weighted by atomic mass is 10.1. The third kappa shape index (κ3) is 5.70. The molecule has 0 unspecified atom stereocenters. The van der Waals surface area contributed by atoms with E-state index in [0.717, 1.165) is 17.5 Å². The van der Waals surface area contributed by atoms with Crippen LogP contribution in [0.15, 0.2) is 42.6 Å². The molecular weight excluding hydrogens is 295 g/mol. The monoisotopic (exact) mass is 316 g/mol. The molecule has 0 aliphatic heterocycles. The van der Waals surface area contributed by atoms with Crippen LogP contribution in [0, 0.1) is 5.82 Å². The molecule has 1 amide bonds. The van der Waals surface area contributed by atoms with Gasteiger partial charge in [-0.05, 0) is 36.6 Å². The first kappa shape index (κ1) is 16.9. The Morgan fingerprint density at radius 1 is 1.30 bits per heavy atom. The van der Waals surface area contributed by atoms with Gasteiger partial charge in [-0.3, -0.25) is 4.79 Å². The van der Waals surface area contributed by atoms with Crippen LogP contribution in [0.3, 0.4) is 0 Å². The topological polar surface area (TPSA) is 51.2 Å². The van der Waals surface area contributed by atoms with Gasteiger partial charge >= 0.3 is 0 Å². The Hall–Kier alpha value is -2.43. The Balaban J connectivity index is 1.82. The molecule has 1 heterocycles. The van der Waals surface area contributed by atoms with E-state index in [1.165, 1.54) is 12.1 Å². The zero-order valence-corrected chi connectivity index (χ0v) is 13.2. The van der Waals surface area contributed by atoms with Crippen LogP contribution in [0.2, 0.25) is 0 Å². The van der Waals surface area contributed by atoms with Gasteiger partial charge < -0.3 is 10.1 Å². The van der Waals surface area contributed by atoms with Crippen molar-refractivity contribution in [1.29, 1.82) is 0 Å². The Bertz CT molecular complexity index is 646. The first-order valence-corrected chi connectivity index (χ1v) is 7.77. The summed E-state index contributed by atoms with van der Waals surface area (Å²) >= 11 is 0. The van der Waals surface area contributed by atoms with Crippen LogP contribution in [0.1, 0.15) is 30.9 Å². The zero-order chi connectivity index (χ0) is 16.5. The molecule has 0 saturated carbocycles. The number of halogens is 1. The summed E-state index contributed by atoms with van der Waals surface area (Å²) in [5.74, 6) is 0.190. The summed E-state index contributed by atoms with van der Waals surface area (Å²) in [6, 6.07) is 10.00. The van der Waals surface area contributed by atoms with Crippen LogP contribution in [0.5, 0.6) is 5.88 Å². The van der Waals surface area contributed by atoms with Crippen LogP contribution in [0.4, 0.5) is 4.39 Å². The number of hydrogen-bond donors (Lipinski definition) is 1. The summed E-state index contributed by atoms with van der Waals surface area (Å²) in [6.07, 6.45) is 3.39. The second kappa shape index (κ2) is 8.88. The summed E-state index contributed by atoms with van der Waals surface area (Å²) in [6.45, 7) is 2.99. The molecule has 4 nitrogen and oxygen atoms in total. The highest BCUT2D eigenvalue weighted by Gasteiger charge is 2.07. The smallest absolute Gasteiger partial charge is 0.220 e. The summed E-state index contributed by atoms with van der Waals surface area (Å²) in [4.78, 5) is 16.1. The number of benzene rings is 1. The molecule has 1 aromatic carbocycles. The molecule has 0 radical (unpaired) electrons. The molecule has 0 aliphatic rings. The summed E-state index contributed by atoms with van der Waals surface area (Å²) in [7, 11) is 0. The van der Waals surface area contributed by atoms with Gasteiger partial charge in [-0.15, -0.1) is 0 Å². The lowest BCUT2D eigenvalue weighted by Gasteiger charge is -2.10. The van der Waals surface area contributed by atoms with Crippen molar-refractivity contribution >= 4 is 5.91 Å². The van der Waals surface area contributed by atoms with E-state index in [-0.39, 0.29) is 11.7 Å². The fourth-order valence-corrected chi connectivity index (χ4v) is 2.12. The molecule has 5 heteroatoms. The first-order valence-electron chi connectivity index (χ1n) is 7.77. The fraction of sp³-hybridized carbons (Fsp3) is 0.333. The minimum Gasteiger partial charge on any atom is -0.477 e. The number of pyridine rings is 1. The van der Waals surface area contributed by atoms with Crippen molar-refractivity contribution in [1.82, 2.24) is 10.3 Å². The number of hydrogen-bond acceptors (Lipinski definition) is 3. The van der Waals surface area contributed by atoms with Gasteiger partial charge in [-0.1, -0.05) is 25.1 Å². The zero-order valence-electron chi connectivity index (χ0n) is 13.2. The van der Waals surface area contributed by atoms with Gasteiger partial charge in [0.05, 0.1) is 6.61 Å². The predicted octanol–water partition coefficient (Wildman–Crippen LogP) is 3.26. The van der Waals surface area contributed by atoms with Gasteiger partial charge in [0.1, 0.15) is 5.82 Å². The van der Waals surface area contributed by atoms with E-state index in [4.69, 9.17) is 4.74 Å². The van der Waals surface area contributed by atoms with Crippen molar-refractivity contribution in [2.45, 2.75) is 32.7 Å². The van der Waals surface area contributed by atoms with Crippen LogP contribution >= 0.6 is 0 Å². The second-order valence-corrected chi connectivity index (χ2v) is 5.22. The van der Waals surface area contributed by atoms with E-state index in [9.17, 15) is 9.18 Å². The van der Waals surface area contributed by atoms with E-state index >= 15 is 0 Å². The average molecular weight is 316 g/mol. The van der Waals surface area contributed by atoms with Crippen molar-refractivity contribution < 1.29 is 13.9 Å². The number of aromatic nitrogens is 1. The summed E-state index contributed by atoms with van der Waals surface area (Å²) in [5.41, 5.74) is 1.66. The number of amides is 1. The van der Waals surface area contributed by atoms with E-state index < -0.39 is 0 Å². The molecule has 23 heavy (non-hydrogen) atoms. The molecule has 0 saturated heterocycles. The maximum atomic E-state index is 13.1. The Morgan fingerprint density at radius 3 is 2.96 bits per heavy atom. The normalized spacial score (nSPS) is 10.3. The van der Waals surface area contributed by atoms with Crippen LogP contribution in [-0.2, 0) is 17.8 Å². The second-order valence-electron chi connectivity index (χ2n) is 5.22. The van der Waals surface area contributed by atoms with Gasteiger partial charge in [0, 0.05) is 24.7 Å². The van der Waals surface area contributed by atoms with Crippen molar-refractivity contribution in [3.8, 4) is 5.88 Å².